The van der Waals surface area contributed by atoms with Crippen LogP contribution in [-0.2, 0) is 0 Å². The summed E-state index contributed by atoms with van der Waals surface area (Å²) in [5, 5.41) is 3.60. The molecule has 1 atom stereocenters. The van der Waals surface area contributed by atoms with Gasteiger partial charge in [0.15, 0.2) is 0 Å². The van der Waals surface area contributed by atoms with Gasteiger partial charge in [-0.05, 0) is 49.6 Å². The number of carbonyl (C=O) groups excluding carboxylic acids is 1. The molecular weight excluding hydrogens is 288 g/mol. The Bertz CT molecular complexity index is 640. The molecule has 1 aliphatic heterocycles. The first-order valence-electron chi connectivity index (χ1n) is 7.03. The predicted octanol–water partition coefficient (Wildman–Crippen LogP) is 4.61. The van der Waals surface area contributed by atoms with E-state index in [2.05, 4.69) is 5.32 Å². The summed E-state index contributed by atoms with van der Waals surface area (Å²) in [6.07, 6.45) is 3.55. The molecule has 21 heavy (non-hydrogen) atoms. The van der Waals surface area contributed by atoms with E-state index in [0.29, 0.717) is 5.02 Å². The normalized spacial score (nSPS) is 18.0. The third kappa shape index (κ3) is 2.76. The highest BCUT2D eigenvalue weighted by molar-refractivity contribution is 6.31. The maximum Gasteiger partial charge on any atom is 0.322 e. The number of nitrogens with one attached hydrogen (secondary N) is 1. The number of urea groups is 1. The zero-order valence-electron chi connectivity index (χ0n) is 11.8. The molecule has 5 heteroatoms. The average molecular weight is 305 g/mol. The second-order valence-corrected chi connectivity index (χ2v) is 5.62. The van der Waals surface area contributed by atoms with Crippen LogP contribution < -0.4 is 5.32 Å². The van der Waals surface area contributed by atoms with Crippen molar-refractivity contribution in [1.29, 1.82) is 0 Å². The molecule has 0 saturated carbocycles. The fraction of sp³-hybridized carbons (Fsp3) is 0.312. The minimum Gasteiger partial charge on any atom is -0.467 e. The maximum absolute atomic E-state index is 12.5. The lowest BCUT2D eigenvalue weighted by molar-refractivity contribution is 0.200. The van der Waals surface area contributed by atoms with E-state index in [0.717, 1.165) is 36.4 Å². The van der Waals surface area contributed by atoms with Crippen molar-refractivity contribution in [3.8, 4) is 0 Å². The number of benzene rings is 1. The molecular formula is C16H17ClN2O2. The summed E-state index contributed by atoms with van der Waals surface area (Å²) in [7, 11) is 0. The van der Waals surface area contributed by atoms with Gasteiger partial charge >= 0.3 is 6.03 Å². The van der Waals surface area contributed by atoms with Crippen LogP contribution in [0.1, 0.15) is 30.2 Å². The molecule has 1 aromatic carbocycles. The van der Waals surface area contributed by atoms with E-state index < -0.39 is 0 Å². The third-order valence-corrected chi connectivity index (χ3v) is 4.30. The van der Waals surface area contributed by atoms with Gasteiger partial charge in [0.2, 0.25) is 0 Å². The SMILES string of the molecule is Cc1c(Cl)cccc1NC(=O)N1CCC[C@H]1c1ccco1. The van der Waals surface area contributed by atoms with Crippen LogP contribution >= 0.6 is 11.6 Å². The number of hydrogen-bond acceptors (Lipinski definition) is 2. The van der Waals surface area contributed by atoms with Gasteiger partial charge in [0.1, 0.15) is 5.76 Å². The Kier molecular flexibility index (Phi) is 3.88. The van der Waals surface area contributed by atoms with Crippen LogP contribution in [0.3, 0.4) is 0 Å². The van der Waals surface area contributed by atoms with Crippen molar-refractivity contribution in [2.45, 2.75) is 25.8 Å². The molecule has 2 aromatic rings. The molecule has 2 amide bonds. The van der Waals surface area contributed by atoms with E-state index in [4.69, 9.17) is 16.0 Å². The molecule has 1 aliphatic rings. The lowest BCUT2D eigenvalue weighted by atomic mass is 10.1. The van der Waals surface area contributed by atoms with Crippen molar-refractivity contribution in [3.05, 3.63) is 52.9 Å². The number of rotatable bonds is 2. The summed E-state index contributed by atoms with van der Waals surface area (Å²) < 4.78 is 5.45. The van der Waals surface area contributed by atoms with Crippen molar-refractivity contribution in [2.75, 3.05) is 11.9 Å². The minimum absolute atomic E-state index is 0.0134. The fourth-order valence-corrected chi connectivity index (χ4v) is 2.89. The monoisotopic (exact) mass is 304 g/mol. The van der Waals surface area contributed by atoms with Gasteiger partial charge in [-0.15, -0.1) is 0 Å². The molecule has 0 unspecified atom stereocenters. The van der Waals surface area contributed by atoms with Gasteiger partial charge in [0, 0.05) is 17.3 Å². The highest BCUT2D eigenvalue weighted by Gasteiger charge is 2.31. The zero-order valence-corrected chi connectivity index (χ0v) is 12.6. The number of likely N-dealkylation sites (tertiary alicyclic amines) is 1. The van der Waals surface area contributed by atoms with E-state index in [1.807, 2.05) is 42.2 Å². The molecule has 0 radical (unpaired) electrons. The largest absolute Gasteiger partial charge is 0.467 e. The predicted molar refractivity (Wildman–Crippen MR) is 82.6 cm³/mol. The van der Waals surface area contributed by atoms with Crippen LogP contribution in [0.2, 0.25) is 5.02 Å². The standard InChI is InChI=1S/C16H17ClN2O2/c1-11-12(17)5-2-6-13(11)18-16(20)19-9-3-7-14(19)15-8-4-10-21-15/h2,4-6,8,10,14H,3,7,9H2,1H3,(H,18,20)/t14-/m0/s1. The Morgan fingerprint density at radius 3 is 3.00 bits per heavy atom. The number of furan rings is 1. The molecule has 2 heterocycles. The zero-order chi connectivity index (χ0) is 14.8. The molecule has 1 fully saturated rings. The van der Waals surface area contributed by atoms with Crippen molar-refractivity contribution < 1.29 is 9.21 Å². The molecule has 1 N–H and O–H groups in total. The number of anilines is 1. The average Bonchev–Trinajstić information content (AvgIpc) is 3.13. The van der Waals surface area contributed by atoms with E-state index in [1.54, 1.807) is 6.26 Å². The molecule has 1 aromatic heterocycles. The first-order chi connectivity index (χ1) is 10.2. The van der Waals surface area contributed by atoms with Crippen LogP contribution in [0.25, 0.3) is 0 Å². The minimum atomic E-state index is -0.112. The summed E-state index contributed by atoms with van der Waals surface area (Å²) in [5.74, 6) is 0.838. The maximum atomic E-state index is 12.5. The van der Waals surface area contributed by atoms with Gasteiger partial charge in [-0.25, -0.2) is 4.79 Å². The van der Waals surface area contributed by atoms with Gasteiger partial charge in [-0.3, -0.25) is 0 Å². The van der Waals surface area contributed by atoms with Crippen LogP contribution in [0, 0.1) is 6.92 Å². The van der Waals surface area contributed by atoms with Crippen LogP contribution in [0.4, 0.5) is 10.5 Å². The highest BCUT2D eigenvalue weighted by Crippen LogP contribution is 2.33. The topological polar surface area (TPSA) is 45.5 Å². The molecule has 0 aliphatic carbocycles. The smallest absolute Gasteiger partial charge is 0.322 e. The molecule has 1 saturated heterocycles. The number of hydrogen-bond donors (Lipinski definition) is 1. The fourth-order valence-electron chi connectivity index (χ4n) is 2.72. The van der Waals surface area contributed by atoms with Crippen LogP contribution in [-0.4, -0.2) is 17.5 Å². The molecule has 110 valence electrons. The second kappa shape index (κ2) is 5.82. The Morgan fingerprint density at radius 2 is 2.24 bits per heavy atom. The number of amides is 2. The lowest BCUT2D eigenvalue weighted by Crippen LogP contribution is -2.34. The molecule has 3 rings (SSSR count). The van der Waals surface area contributed by atoms with Crippen molar-refractivity contribution in [3.63, 3.8) is 0 Å². The van der Waals surface area contributed by atoms with E-state index in [9.17, 15) is 4.79 Å². The Morgan fingerprint density at radius 1 is 1.38 bits per heavy atom. The highest BCUT2D eigenvalue weighted by atomic mass is 35.5. The van der Waals surface area contributed by atoms with E-state index >= 15 is 0 Å². The van der Waals surface area contributed by atoms with E-state index in [-0.39, 0.29) is 12.1 Å². The summed E-state index contributed by atoms with van der Waals surface area (Å²) >= 11 is 6.09. The summed E-state index contributed by atoms with van der Waals surface area (Å²) in [6, 6.07) is 9.18. The Labute approximate surface area is 128 Å². The number of carbonyl (C=O) groups is 1. The lowest BCUT2D eigenvalue weighted by Gasteiger charge is -2.24. The summed E-state index contributed by atoms with van der Waals surface area (Å²) in [5.41, 5.74) is 1.62. The van der Waals surface area contributed by atoms with Crippen molar-refractivity contribution in [2.24, 2.45) is 0 Å². The molecule has 0 spiro atoms. The molecule has 4 nitrogen and oxygen atoms in total. The third-order valence-electron chi connectivity index (χ3n) is 3.89. The Hall–Kier alpha value is -1.94. The summed E-state index contributed by atoms with van der Waals surface area (Å²) in [4.78, 5) is 14.3. The Balaban J connectivity index is 1.77. The van der Waals surface area contributed by atoms with Crippen molar-refractivity contribution >= 4 is 23.3 Å². The first kappa shape index (κ1) is 14.0. The number of nitrogens with zero attached hydrogens (tertiary/aromatic N) is 1. The van der Waals surface area contributed by atoms with E-state index in [1.165, 1.54) is 0 Å². The van der Waals surface area contributed by atoms with Gasteiger partial charge in [0.25, 0.3) is 0 Å². The van der Waals surface area contributed by atoms with Gasteiger partial charge in [-0.2, -0.15) is 0 Å². The first-order valence-corrected chi connectivity index (χ1v) is 7.41. The summed E-state index contributed by atoms with van der Waals surface area (Å²) in [6.45, 7) is 2.63. The van der Waals surface area contributed by atoms with Crippen LogP contribution in [0.5, 0.6) is 0 Å². The molecule has 0 bridgehead atoms. The quantitative estimate of drug-likeness (QED) is 0.880. The second-order valence-electron chi connectivity index (χ2n) is 5.21. The number of halogens is 1. The van der Waals surface area contributed by atoms with Crippen molar-refractivity contribution in [1.82, 2.24) is 4.90 Å². The van der Waals surface area contributed by atoms with Gasteiger partial charge in [0.05, 0.1) is 12.3 Å². The van der Waals surface area contributed by atoms with Gasteiger partial charge < -0.3 is 14.6 Å². The van der Waals surface area contributed by atoms with Crippen LogP contribution in [0.15, 0.2) is 41.0 Å². The van der Waals surface area contributed by atoms with Gasteiger partial charge in [-0.1, -0.05) is 17.7 Å².